The van der Waals surface area contributed by atoms with E-state index in [1.165, 1.54) is 0 Å². The fourth-order valence-corrected chi connectivity index (χ4v) is 6.19. The summed E-state index contributed by atoms with van der Waals surface area (Å²) < 4.78 is 25.7. The summed E-state index contributed by atoms with van der Waals surface area (Å²) in [5.74, 6) is 4.69. The Bertz CT molecular complexity index is 2060. The van der Waals surface area contributed by atoms with Crippen molar-refractivity contribution in [2.75, 3.05) is 0 Å². The van der Waals surface area contributed by atoms with Crippen molar-refractivity contribution < 1.29 is 23.7 Å². The topological polar surface area (TPSA) is 78.1 Å². The van der Waals surface area contributed by atoms with Crippen LogP contribution in [0.5, 0.6) is 46.0 Å². The van der Waals surface area contributed by atoms with Gasteiger partial charge < -0.3 is 29.6 Å². The lowest BCUT2D eigenvalue weighted by atomic mass is 9.91. The van der Waals surface area contributed by atoms with Crippen LogP contribution in [0.1, 0.15) is 73.2 Å². The van der Waals surface area contributed by atoms with Crippen molar-refractivity contribution in [2.24, 2.45) is 0 Å². The Hall–Kier alpha value is -5.60. The van der Waals surface area contributed by atoms with E-state index in [1.807, 2.05) is 189 Å². The van der Waals surface area contributed by atoms with Gasteiger partial charge in [0.15, 0.2) is 28.8 Å². The number of ketones is 1. The molecule has 0 bridgehead atoms. The van der Waals surface area contributed by atoms with Gasteiger partial charge in [-0.3, -0.25) is 4.79 Å². The third-order valence-corrected chi connectivity index (χ3v) is 9.17. The number of rotatable bonds is 16. The molecule has 0 fully saturated rings. The molecular formula is C49H53ClN2O5. The Morgan fingerprint density at radius 1 is 0.404 bits per heavy atom. The number of hydrogen-bond donors (Lipinski definition) is 2. The second-order valence-electron chi connectivity index (χ2n) is 15.0. The summed E-state index contributed by atoms with van der Waals surface area (Å²) in [5.41, 5.74) is 6.01. The van der Waals surface area contributed by atoms with Crippen molar-refractivity contribution in [1.82, 2.24) is 10.6 Å². The Morgan fingerprint density at radius 3 is 0.930 bits per heavy atom. The molecule has 0 aliphatic carbocycles. The molecule has 7 nitrogen and oxygen atoms in total. The summed E-state index contributed by atoms with van der Waals surface area (Å²) in [6, 6.07) is 41.4. The molecule has 2 N–H and O–H groups in total. The summed E-state index contributed by atoms with van der Waals surface area (Å²) in [4.78, 5) is 15.1. The Balaban J connectivity index is 0.00000620. The van der Waals surface area contributed by atoms with E-state index in [-0.39, 0.29) is 30.3 Å². The van der Waals surface area contributed by atoms with Crippen LogP contribution < -0.4 is 29.6 Å². The molecule has 6 aromatic rings. The van der Waals surface area contributed by atoms with Gasteiger partial charge in [0.25, 0.3) is 0 Å². The van der Waals surface area contributed by atoms with Crippen molar-refractivity contribution in [3.8, 4) is 46.0 Å². The first-order chi connectivity index (χ1) is 26.9. The van der Waals surface area contributed by atoms with Crippen LogP contribution in [0.25, 0.3) is 0 Å². The van der Waals surface area contributed by atoms with Gasteiger partial charge in [0.1, 0.15) is 23.0 Å². The molecule has 0 aliphatic heterocycles. The van der Waals surface area contributed by atoms with E-state index >= 15 is 4.79 Å². The first kappa shape index (κ1) is 42.5. The molecule has 0 spiro atoms. The molecule has 0 heterocycles. The van der Waals surface area contributed by atoms with Crippen LogP contribution >= 0.6 is 12.4 Å². The Kier molecular flexibility index (Phi) is 14.6. The van der Waals surface area contributed by atoms with Gasteiger partial charge in [0.05, 0.1) is 12.1 Å². The van der Waals surface area contributed by atoms with Gasteiger partial charge in [0.2, 0.25) is 0 Å². The number of carbonyl (C=O) groups excluding carboxylic acids is 1. The summed E-state index contributed by atoms with van der Waals surface area (Å²) in [6.45, 7) is 16.3. The number of carbonyl (C=O) groups is 1. The van der Waals surface area contributed by atoms with Crippen LogP contribution in [0.3, 0.4) is 0 Å². The highest BCUT2D eigenvalue weighted by molar-refractivity contribution is 5.91. The number of aryl methyl sites for hydroxylation is 4. The van der Waals surface area contributed by atoms with Gasteiger partial charge in [-0.1, -0.05) is 82.9 Å². The third-order valence-electron chi connectivity index (χ3n) is 9.17. The average Bonchev–Trinajstić information content (AvgIpc) is 3.17. The van der Waals surface area contributed by atoms with E-state index < -0.39 is 12.1 Å². The number of Topliss-reactive ketones (excluding diaryl/α,β-unsaturated/α-hetero) is 1. The van der Waals surface area contributed by atoms with Crippen LogP contribution in [0.4, 0.5) is 0 Å². The summed E-state index contributed by atoms with van der Waals surface area (Å²) in [7, 11) is 0. The van der Waals surface area contributed by atoms with Crippen LogP contribution in [0.15, 0.2) is 133 Å². The molecule has 0 saturated carbocycles. The van der Waals surface area contributed by atoms with Gasteiger partial charge in [-0.05, 0) is 139 Å². The molecule has 57 heavy (non-hydrogen) atoms. The zero-order chi connectivity index (χ0) is 39.8. The first-order valence-corrected chi connectivity index (χ1v) is 19.2. The second-order valence-corrected chi connectivity index (χ2v) is 15.0. The number of nitrogens with one attached hydrogen (secondary N) is 2. The van der Waals surface area contributed by atoms with Crippen LogP contribution in [-0.2, 0) is 4.79 Å². The minimum atomic E-state index is -0.704. The fraction of sp³-hybridized carbons (Fsp3) is 0.245. The van der Waals surface area contributed by atoms with Crippen molar-refractivity contribution in [2.45, 2.75) is 79.6 Å². The quantitative estimate of drug-likeness (QED) is 0.101. The summed E-state index contributed by atoms with van der Waals surface area (Å²) >= 11 is 0. The first-order valence-electron chi connectivity index (χ1n) is 19.2. The van der Waals surface area contributed by atoms with E-state index in [4.69, 9.17) is 18.9 Å². The lowest BCUT2D eigenvalue weighted by molar-refractivity contribution is -0.123. The molecule has 2 unspecified atom stereocenters. The molecule has 2 atom stereocenters. The SMILES string of the molecule is Cc1ccc(Oc2ccc(C(NC(C)C)C(=O)C(NC(C)C)c3ccc(Oc4ccc(C)cc4)c(Oc4ccc(C)cc4)c3)cc2Oc2ccc(C)cc2)cc1.Cl. The van der Waals surface area contributed by atoms with Crippen molar-refractivity contribution in [3.05, 3.63) is 167 Å². The smallest absolute Gasteiger partial charge is 0.175 e. The fourth-order valence-electron chi connectivity index (χ4n) is 6.19. The molecule has 0 amide bonds. The van der Waals surface area contributed by atoms with E-state index in [9.17, 15) is 0 Å². The number of ether oxygens (including phenoxy) is 4. The second kappa shape index (κ2) is 19.5. The van der Waals surface area contributed by atoms with Gasteiger partial charge in [-0.15, -0.1) is 12.4 Å². The lowest BCUT2D eigenvalue weighted by Gasteiger charge is -2.28. The molecular weight excluding hydrogens is 732 g/mol. The molecule has 0 saturated heterocycles. The van der Waals surface area contributed by atoms with Crippen LogP contribution in [0.2, 0.25) is 0 Å². The number of halogens is 1. The monoisotopic (exact) mass is 784 g/mol. The van der Waals surface area contributed by atoms with Gasteiger partial charge >= 0.3 is 0 Å². The summed E-state index contributed by atoms with van der Waals surface area (Å²) in [6.07, 6.45) is 0. The van der Waals surface area contributed by atoms with Gasteiger partial charge in [-0.2, -0.15) is 0 Å². The maximum absolute atomic E-state index is 15.1. The van der Waals surface area contributed by atoms with E-state index in [0.717, 1.165) is 33.4 Å². The average molecular weight is 785 g/mol. The highest BCUT2D eigenvalue weighted by atomic mass is 35.5. The van der Waals surface area contributed by atoms with Gasteiger partial charge in [0, 0.05) is 12.1 Å². The molecule has 8 heteroatoms. The molecule has 296 valence electrons. The largest absolute Gasteiger partial charge is 0.453 e. The molecule has 6 aromatic carbocycles. The maximum atomic E-state index is 15.1. The number of benzene rings is 6. The predicted octanol–water partition coefficient (Wildman–Crippen LogP) is 12.9. The van der Waals surface area contributed by atoms with Crippen LogP contribution in [-0.4, -0.2) is 17.9 Å². The zero-order valence-corrected chi connectivity index (χ0v) is 34.8. The highest BCUT2D eigenvalue weighted by Crippen LogP contribution is 2.40. The number of hydrogen-bond acceptors (Lipinski definition) is 7. The minimum absolute atomic E-state index is 0. The summed E-state index contributed by atoms with van der Waals surface area (Å²) in [5, 5.41) is 7.12. The van der Waals surface area contributed by atoms with E-state index in [2.05, 4.69) is 10.6 Å². The standard InChI is InChI=1S/C49H52N2O5.ClH/c1-31(2)50-47(37-17-27-43(53-39-19-9-33(5)10-20-39)45(29-37)55-41-23-13-35(7)14-24-41)49(52)48(51-32(3)4)38-18-28-44(54-40-21-11-34(6)12-22-40)46(30-38)56-42-25-15-36(8)16-26-42;/h9-32,47-48,50-51H,1-8H3;1H. The van der Waals surface area contributed by atoms with Crippen molar-refractivity contribution in [1.29, 1.82) is 0 Å². The van der Waals surface area contributed by atoms with E-state index in [0.29, 0.717) is 46.0 Å². The molecule has 6 rings (SSSR count). The zero-order valence-electron chi connectivity index (χ0n) is 34.0. The molecule has 0 aliphatic rings. The minimum Gasteiger partial charge on any atom is -0.453 e. The Labute approximate surface area is 343 Å². The molecule has 0 aromatic heterocycles. The van der Waals surface area contributed by atoms with Crippen molar-refractivity contribution in [3.63, 3.8) is 0 Å². The van der Waals surface area contributed by atoms with Crippen molar-refractivity contribution >= 4 is 18.2 Å². The molecule has 0 radical (unpaired) electrons. The normalized spacial score (nSPS) is 12.1. The van der Waals surface area contributed by atoms with E-state index in [1.54, 1.807) is 0 Å². The third kappa shape index (κ3) is 11.7. The van der Waals surface area contributed by atoms with Crippen LogP contribution in [0, 0.1) is 27.7 Å². The highest BCUT2D eigenvalue weighted by Gasteiger charge is 2.32. The lowest BCUT2D eigenvalue weighted by Crippen LogP contribution is -2.42. The van der Waals surface area contributed by atoms with Gasteiger partial charge in [-0.25, -0.2) is 0 Å². The Morgan fingerprint density at radius 2 is 0.667 bits per heavy atom. The predicted molar refractivity (Wildman–Crippen MR) is 232 cm³/mol. The maximum Gasteiger partial charge on any atom is 0.175 e.